The van der Waals surface area contributed by atoms with E-state index in [0.29, 0.717) is 13.2 Å². The highest BCUT2D eigenvalue weighted by Crippen LogP contribution is 2.33. The molecule has 0 unspecified atom stereocenters. The molecule has 0 aliphatic heterocycles. The zero-order valence-corrected chi connectivity index (χ0v) is 16.0. The van der Waals surface area contributed by atoms with Crippen molar-refractivity contribution in [2.24, 2.45) is 0 Å². The maximum atomic E-state index is 5.97. The second-order valence-corrected chi connectivity index (χ2v) is 6.03. The quantitative estimate of drug-likeness (QED) is 0.604. The molecule has 4 nitrogen and oxygen atoms in total. The first-order valence-corrected chi connectivity index (χ1v) is 8.90. The Balaban J connectivity index is 2.39. The van der Waals surface area contributed by atoms with Crippen LogP contribution in [-0.4, -0.2) is 20.3 Å². The lowest BCUT2D eigenvalue weighted by Gasteiger charge is -2.05. The van der Waals surface area contributed by atoms with Crippen LogP contribution in [0.4, 0.5) is 0 Å². The van der Waals surface area contributed by atoms with E-state index in [9.17, 15) is 0 Å². The Bertz CT molecular complexity index is 982. The summed E-state index contributed by atoms with van der Waals surface area (Å²) in [6, 6.07) is 12.1. The molecule has 0 amide bonds. The Morgan fingerprint density at radius 1 is 0.923 bits per heavy atom. The first kappa shape index (κ1) is 18.1. The number of benzene rings is 1. The van der Waals surface area contributed by atoms with E-state index in [1.165, 1.54) is 0 Å². The van der Waals surface area contributed by atoms with E-state index in [1.807, 2.05) is 52.0 Å². The van der Waals surface area contributed by atoms with Crippen LogP contribution in [0, 0.1) is 13.8 Å². The Morgan fingerprint density at radius 2 is 1.62 bits per heavy atom. The number of methoxy groups -OCH3 is 1. The van der Waals surface area contributed by atoms with Crippen LogP contribution in [0.1, 0.15) is 25.4 Å². The Hall–Kier alpha value is -2.75. The maximum absolute atomic E-state index is 5.97. The summed E-state index contributed by atoms with van der Waals surface area (Å²) in [7, 11) is 1.67. The zero-order chi connectivity index (χ0) is 18.7. The molecule has 1 aromatic heterocycles. The third kappa shape index (κ3) is 3.32. The van der Waals surface area contributed by atoms with Gasteiger partial charge in [-0.15, -0.1) is 0 Å². The Labute approximate surface area is 153 Å². The normalized spacial score (nSPS) is 11.8. The standard InChI is InChI=1S/C22H25O4/c1-6-24-19-12-17(16-8-10-18(23-5)11-9-16)13-20(25-7-2)22-15(4)26-14(3)21(19)22/h8-13H,6-7H2,1-5H3/q+1. The molecule has 0 atom stereocenters. The van der Waals surface area contributed by atoms with E-state index in [-0.39, 0.29) is 0 Å². The van der Waals surface area contributed by atoms with Gasteiger partial charge >= 0.3 is 5.43 Å². The van der Waals surface area contributed by atoms with Gasteiger partial charge in [-0.3, -0.25) is 4.42 Å². The van der Waals surface area contributed by atoms with Crippen molar-refractivity contribution in [2.75, 3.05) is 20.3 Å². The van der Waals surface area contributed by atoms with Gasteiger partial charge in [0.25, 0.3) is 6.61 Å². The number of hydrogen-bond acceptors (Lipinski definition) is 3. The van der Waals surface area contributed by atoms with Crippen LogP contribution in [0.25, 0.3) is 21.9 Å². The monoisotopic (exact) mass is 353 g/mol. The van der Waals surface area contributed by atoms with Crippen molar-refractivity contribution in [2.45, 2.75) is 27.7 Å². The summed E-state index contributed by atoms with van der Waals surface area (Å²) in [4.78, 5) is 0. The zero-order valence-electron chi connectivity index (χ0n) is 16.0. The molecule has 0 saturated carbocycles. The molecule has 4 heteroatoms. The van der Waals surface area contributed by atoms with Crippen molar-refractivity contribution < 1.29 is 13.9 Å². The van der Waals surface area contributed by atoms with Crippen LogP contribution in [0.15, 0.2) is 45.2 Å². The van der Waals surface area contributed by atoms with E-state index in [2.05, 4.69) is 12.1 Å². The molecule has 0 N–H and O–H groups in total. The fraction of sp³-hybridized carbons (Fsp3) is 0.318. The molecule has 0 saturated heterocycles. The number of hydrogen-bond donors (Lipinski definition) is 0. The van der Waals surface area contributed by atoms with E-state index in [1.54, 1.807) is 7.11 Å². The summed E-state index contributed by atoms with van der Waals surface area (Å²) in [5, 5.41) is 1.93. The van der Waals surface area contributed by atoms with Gasteiger partial charge in [0, 0.05) is 6.92 Å². The smallest absolute Gasteiger partial charge is 0.355 e. The molecular formula is C22H25O4+. The third-order valence-electron chi connectivity index (χ3n) is 4.35. The van der Waals surface area contributed by atoms with Crippen molar-refractivity contribution in [3.63, 3.8) is 0 Å². The molecule has 26 heavy (non-hydrogen) atoms. The van der Waals surface area contributed by atoms with Crippen LogP contribution < -0.4 is 14.9 Å². The second kappa shape index (κ2) is 7.65. The molecule has 0 aliphatic rings. The predicted molar refractivity (Wildman–Crippen MR) is 106 cm³/mol. The molecule has 0 bridgehead atoms. The van der Waals surface area contributed by atoms with E-state index < -0.39 is 0 Å². The van der Waals surface area contributed by atoms with Crippen LogP contribution in [0.2, 0.25) is 0 Å². The Morgan fingerprint density at radius 3 is 2.23 bits per heavy atom. The average Bonchev–Trinajstić information content (AvgIpc) is 2.83. The number of rotatable bonds is 5. The predicted octanol–water partition coefficient (Wildman–Crippen LogP) is 5.04. The number of furan rings is 1. The lowest BCUT2D eigenvalue weighted by molar-refractivity contribution is 0.344. The van der Waals surface area contributed by atoms with Crippen molar-refractivity contribution >= 4 is 10.8 Å². The number of ether oxygens (including phenoxy) is 2. The summed E-state index contributed by atoms with van der Waals surface area (Å²) < 4.78 is 23.1. The molecule has 1 heterocycles. The first-order valence-electron chi connectivity index (χ1n) is 8.90. The number of fused-ring (bicyclic) bond motifs is 1. The van der Waals surface area contributed by atoms with Crippen molar-refractivity contribution in [1.82, 2.24) is 0 Å². The minimum atomic E-state index is 0.578. The summed E-state index contributed by atoms with van der Waals surface area (Å²) in [5.41, 5.74) is 2.89. The second-order valence-electron chi connectivity index (χ2n) is 6.03. The van der Waals surface area contributed by atoms with Crippen LogP contribution >= 0.6 is 0 Å². The van der Waals surface area contributed by atoms with Gasteiger partial charge in [0.2, 0.25) is 0 Å². The minimum Gasteiger partial charge on any atom is -0.497 e. The largest absolute Gasteiger partial charge is 0.497 e. The molecule has 0 radical (unpaired) electrons. The molecule has 3 rings (SSSR count). The van der Waals surface area contributed by atoms with Gasteiger partial charge in [-0.25, -0.2) is 0 Å². The van der Waals surface area contributed by atoms with Crippen LogP contribution in [-0.2, 0) is 0 Å². The summed E-state index contributed by atoms with van der Waals surface area (Å²) in [6.45, 7) is 9.04. The molecule has 2 aromatic carbocycles. The Kier molecular flexibility index (Phi) is 5.31. The lowest BCUT2D eigenvalue weighted by atomic mass is 10.1. The van der Waals surface area contributed by atoms with Gasteiger partial charge in [0.1, 0.15) is 28.4 Å². The molecule has 3 aromatic rings. The lowest BCUT2D eigenvalue weighted by Crippen LogP contribution is -2.01. The van der Waals surface area contributed by atoms with E-state index in [4.69, 9.17) is 18.3 Å². The fourth-order valence-corrected chi connectivity index (χ4v) is 3.23. The van der Waals surface area contributed by atoms with Crippen LogP contribution in [0.3, 0.4) is 0 Å². The topological polar surface area (TPSA) is 42.9 Å². The molecular weight excluding hydrogens is 328 g/mol. The first-order chi connectivity index (χ1) is 12.6. The highest BCUT2D eigenvalue weighted by atomic mass is 16.5. The molecule has 0 fully saturated rings. The highest BCUT2D eigenvalue weighted by Gasteiger charge is 2.19. The van der Waals surface area contributed by atoms with Crippen LogP contribution in [0.5, 0.6) is 11.5 Å². The van der Waals surface area contributed by atoms with E-state index >= 15 is 0 Å². The van der Waals surface area contributed by atoms with E-state index in [0.717, 1.165) is 50.3 Å². The molecule has 0 spiro atoms. The van der Waals surface area contributed by atoms with Gasteiger partial charge in [-0.05, 0) is 50.1 Å². The van der Waals surface area contributed by atoms with Crippen molar-refractivity contribution in [1.29, 1.82) is 0 Å². The molecule has 136 valence electrons. The SMILES string of the molecule is CCOc1cc(-c2ccc(OC)cc2)cc(=[O+]CC)c2c(C)oc(C)c12. The minimum absolute atomic E-state index is 0.578. The average molecular weight is 353 g/mol. The summed E-state index contributed by atoms with van der Waals surface area (Å²) >= 11 is 0. The van der Waals surface area contributed by atoms with Gasteiger partial charge in [-0.1, -0.05) is 12.1 Å². The fourth-order valence-electron chi connectivity index (χ4n) is 3.23. The number of aryl methyl sites for hydroxylation is 2. The van der Waals surface area contributed by atoms with Gasteiger partial charge in [-0.2, -0.15) is 0 Å². The van der Waals surface area contributed by atoms with Gasteiger partial charge in [0.05, 0.1) is 25.2 Å². The maximum Gasteiger partial charge on any atom is 0.355 e. The van der Waals surface area contributed by atoms with Crippen molar-refractivity contribution in [3.8, 4) is 22.6 Å². The highest BCUT2D eigenvalue weighted by molar-refractivity contribution is 5.93. The molecule has 0 aliphatic carbocycles. The van der Waals surface area contributed by atoms with Gasteiger partial charge in [0.15, 0.2) is 0 Å². The third-order valence-corrected chi connectivity index (χ3v) is 4.35. The van der Waals surface area contributed by atoms with Gasteiger partial charge < -0.3 is 13.9 Å². The summed E-state index contributed by atoms with van der Waals surface area (Å²) in [5.74, 6) is 3.29. The van der Waals surface area contributed by atoms with Crippen molar-refractivity contribution in [3.05, 3.63) is 57.8 Å². The summed E-state index contributed by atoms with van der Waals surface area (Å²) in [6.07, 6.45) is 0.